The highest BCUT2D eigenvalue weighted by Gasteiger charge is 2.16. The van der Waals surface area contributed by atoms with Gasteiger partial charge in [0.25, 0.3) is 0 Å². The van der Waals surface area contributed by atoms with E-state index in [-0.39, 0.29) is 18.6 Å². The van der Waals surface area contributed by atoms with Crippen LogP contribution >= 0.6 is 0 Å². The molecule has 1 aliphatic heterocycles. The molecule has 31 heavy (non-hydrogen) atoms. The fourth-order valence-electron chi connectivity index (χ4n) is 2.99. The van der Waals surface area contributed by atoms with Crippen molar-refractivity contribution < 1.29 is 23.5 Å². The molecule has 2 heterocycles. The lowest BCUT2D eigenvalue weighted by Gasteiger charge is -2.08. The van der Waals surface area contributed by atoms with Crippen molar-refractivity contribution in [3.63, 3.8) is 0 Å². The molecular formula is C22H24N4O5. The first-order chi connectivity index (χ1) is 15.1. The maximum Gasteiger partial charge on any atom is 0.316 e. The summed E-state index contributed by atoms with van der Waals surface area (Å²) in [6, 6.07) is 13.0. The van der Waals surface area contributed by atoms with Gasteiger partial charge < -0.3 is 29.0 Å². The van der Waals surface area contributed by atoms with Crippen LogP contribution in [0.25, 0.3) is 11.4 Å². The van der Waals surface area contributed by atoms with Crippen molar-refractivity contribution in [3.8, 4) is 28.6 Å². The number of carbonyl (C=O) groups excluding carboxylic acids is 1. The molecule has 1 amide bonds. The fraction of sp³-hybridized carbons (Fsp3) is 0.318. The molecule has 4 rings (SSSR count). The molecule has 0 saturated heterocycles. The van der Waals surface area contributed by atoms with Gasteiger partial charge in [0.15, 0.2) is 11.5 Å². The Hall–Kier alpha value is -3.59. The van der Waals surface area contributed by atoms with Crippen LogP contribution in [0.15, 0.2) is 47.0 Å². The third-order valence-corrected chi connectivity index (χ3v) is 4.65. The molecule has 1 aliphatic rings. The van der Waals surface area contributed by atoms with E-state index in [1.165, 1.54) is 0 Å². The third kappa shape index (κ3) is 5.32. The van der Waals surface area contributed by atoms with Crippen molar-refractivity contribution in [2.24, 2.45) is 0 Å². The van der Waals surface area contributed by atoms with Gasteiger partial charge in [0, 0.05) is 18.2 Å². The van der Waals surface area contributed by atoms with Gasteiger partial charge in [-0.15, -0.1) is 0 Å². The quantitative estimate of drug-likeness (QED) is 0.524. The van der Waals surface area contributed by atoms with Crippen LogP contribution in [0.2, 0.25) is 0 Å². The lowest BCUT2D eigenvalue weighted by Crippen LogP contribution is -2.27. The molecule has 9 nitrogen and oxygen atoms in total. The van der Waals surface area contributed by atoms with Gasteiger partial charge in [0.2, 0.25) is 12.6 Å². The minimum atomic E-state index is -0.369. The molecule has 0 spiro atoms. The van der Waals surface area contributed by atoms with Crippen LogP contribution in [-0.4, -0.2) is 54.9 Å². The Morgan fingerprint density at radius 1 is 1.13 bits per heavy atom. The standard InChI is InChI=1S/C22H24N4O5/c1-26(2)11-3-10-23-21(27)22-24-20(25-31-22)16-6-4-15(5-7-16)13-28-17-8-9-18-19(12-17)30-14-29-18/h4-9,12H,3,10-11,13-14H2,1-2H3,(H,23,27). The minimum Gasteiger partial charge on any atom is -0.489 e. The number of hydrogen-bond donors (Lipinski definition) is 1. The highest BCUT2D eigenvalue weighted by molar-refractivity contribution is 5.89. The number of carbonyl (C=O) groups is 1. The Morgan fingerprint density at radius 3 is 2.74 bits per heavy atom. The van der Waals surface area contributed by atoms with E-state index in [0.29, 0.717) is 30.5 Å². The van der Waals surface area contributed by atoms with E-state index in [0.717, 1.165) is 29.8 Å². The van der Waals surface area contributed by atoms with Gasteiger partial charge in [0.05, 0.1) is 0 Å². The van der Waals surface area contributed by atoms with Gasteiger partial charge in [-0.2, -0.15) is 4.98 Å². The van der Waals surface area contributed by atoms with Gasteiger partial charge in [0.1, 0.15) is 12.4 Å². The van der Waals surface area contributed by atoms with Gasteiger partial charge in [-0.05, 0) is 44.8 Å². The maximum absolute atomic E-state index is 12.1. The molecule has 162 valence electrons. The van der Waals surface area contributed by atoms with E-state index < -0.39 is 0 Å². The summed E-state index contributed by atoms with van der Waals surface area (Å²) < 4.78 is 21.6. The topological polar surface area (TPSA) is 99.0 Å². The number of nitrogens with zero attached hydrogens (tertiary/aromatic N) is 3. The van der Waals surface area contributed by atoms with Crippen LogP contribution in [0.1, 0.15) is 22.7 Å². The van der Waals surface area contributed by atoms with E-state index >= 15 is 0 Å². The average Bonchev–Trinajstić information content (AvgIpc) is 3.45. The Bertz CT molecular complexity index is 1030. The molecule has 0 saturated carbocycles. The van der Waals surface area contributed by atoms with E-state index in [1.807, 2.05) is 56.6 Å². The molecule has 0 bridgehead atoms. The second kappa shape index (κ2) is 9.48. The first kappa shape index (κ1) is 20.7. The van der Waals surface area contributed by atoms with E-state index in [4.69, 9.17) is 18.7 Å². The van der Waals surface area contributed by atoms with Gasteiger partial charge in [-0.1, -0.05) is 29.4 Å². The smallest absolute Gasteiger partial charge is 0.316 e. The van der Waals surface area contributed by atoms with Gasteiger partial charge >= 0.3 is 11.8 Å². The van der Waals surface area contributed by atoms with Crippen LogP contribution in [0.3, 0.4) is 0 Å². The van der Waals surface area contributed by atoms with Crippen molar-refractivity contribution >= 4 is 5.91 Å². The molecule has 0 aliphatic carbocycles. The molecule has 9 heteroatoms. The number of ether oxygens (including phenoxy) is 3. The number of aromatic nitrogens is 2. The summed E-state index contributed by atoms with van der Waals surface area (Å²) in [5.74, 6) is 2.05. The first-order valence-corrected chi connectivity index (χ1v) is 9.97. The Kier molecular flexibility index (Phi) is 6.32. The zero-order valence-corrected chi connectivity index (χ0v) is 17.5. The number of nitrogens with one attached hydrogen (secondary N) is 1. The lowest BCUT2D eigenvalue weighted by molar-refractivity contribution is 0.0908. The first-order valence-electron chi connectivity index (χ1n) is 9.97. The van der Waals surface area contributed by atoms with Gasteiger partial charge in [-0.25, -0.2) is 0 Å². The fourth-order valence-corrected chi connectivity index (χ4v) is 2.99. The Labute approximate surface area is 179 Å². The summed E-state index contributed by atoms with van der Waals surface area (Å²) >= 11 is 0. The normalized spacial score (nSPS) is 12.2. The average molecular weight is 424 g/mol. The molecule has 0 atom stereocenters. The maximum atomic E-state index is 12.1. The van der Waals surface area contributed by atoms with Crippen LogP contribution in [-0.2, 0) is 6.61 Å². The minimum absolute atomic E-state index is 0.0462. The van der Waals surface area contributed by atoms with Crippen molar-refractivity contribution in [2.75, 3.05) is 34.0 Å². The predicted octanol–water partition coefficient (Wildman–Crippen LogP) is 2.73. The highest BCUT2D eigenvalue weighted by atomic mass is 16.7. The van der Waals surface area contributed by atoms with Crippen molar-refractivity contribution in [1.29, 1.82) is 0 Å². The number of rotatable bonds is 9. The summed E-state index contributed by atoms with van der Waals surface area (Å²) in [6.07, 6.45) is 0.843. The summed E-state index contributed by atoms with van der Waals surface area (Å²) in [4.78, 5) is 18.4. The zero-order chi connectivity index (χ0) is 21.6. The molecule has 2 aromatic carbocycles. The van der Waals surface area contributed by atoms with Crippen LogP contribution in [0.4, 0.5) is 0 Å². The Morgan fingerprint density at radius 2 is 1.94 bits per heavy atom. The summed E-state index contributed by atoms with van der Waals surface area (Å²) in [7, 11) is 3.97. The SMILES string of the molecule is CN(C)CCCNC(=O)c1nc(-c2ccc(COc3ccc4c(c3)OCO4)cc2)no1. The lowest BCUT2D eigenvalue weighted by atomic mass is 10.1. The molecule has 0 fully saturated rings. The number of hydrogen-bond acceptors (Lipinski definition) is 8. The number of benzene rings is 2. The molecule has 0 unspecified atom stereocenters. The second-order valence-corrected chi connectivity index (χ2v) is 7.34. The van der Waals surface area contributed by atoms with Gasteiger partial charge in [-0.3, -0.25) is 4.79 Å². The van der Waals surface area contributed by atoms with Crippen molar-refractivity contribution in [2.45, 2.75) is 13.0 Å². The van der Waals surface area contributed by atoms with E-state index in [2.05, 4.69) is 20.4 Å². The zero-order valence-electron chi connectivity index (χ0n) is 17.5. The molecular weight excluding hydrogens is 400 g/mol. The third-order valence-electron chi connectivity index (χ3n) is 4.65. The molecule has 1 N–H and O–H groups in total. The largest absolute Gasteiger partial charge is 0.489 e. The van der Waals surface area contributed by atoms with Crippen LogP contribution < -0.4 is 19.5 Å². The number of fused-ring (bicyclic) bond motifs is 1. The van der Waals surface area contributed by atoms with Crippen molar-refractivity contribution in [3.05, 3.63) is 53.9 Å². The van der Waals surface area contributed by atoms with E-state index in [9.17, 15) is 4.79 Å². The van der Waals surface area contributed by atoms with E-state index in [1.54, 1.807) is 0 Å². The summed E-state index contributed by atoms with van der Waals surface area (Å²) in [5, 5.41) is 6.69. The number of amides is 1. The molecule has 0 radical (unpaired) electrons. The molecule has 1 aromatic heterocycles. The molecule has 3 aromatic rings. The van der Waals surface area contributed by atoms with Crippen molar-refractivity contribution in [1.82, 2.24) is 20.4 Å². The monoisotopic (exact) mass is 424 g/mol. The predicted molar refractivity (Wildman–Crippen MR) is 112 cm³/mol. The summed E-state index contributed by atoms with van der Waals surface area (Å²) in [5.41, 5.74) is 1.73. The summed E-state index contributed by atoms with van der Waals surface area (Å²) in [6.45, 7) is 2.07. The second-order valence-electron chi connectivity index (χ2n) is 7.34. The Balaban J connectivity index is 1.30. The van der Waals surface area contributed by atoms with Crippen LogP contribution in [0, 0.1) is 0 Å². The van der Waals surface area contributed by atoms with Crippen LogP contribution in [0.5, 0.6) is 17.2 Å². The highest BCUT2D eigenvalue weighted by Crippen LogP contribution is 2.35.